The number of hydrogen-bond acceptors (Lipinski definition) is 7. The lowest BCUT2D eigenvalue weighted by atomic mass is 10.1. The van der Waals surface area contributed by atoms with Crippen molar-refractivity contribution in [1.29, 1.82) is 0 Å². The number of aryl methyl sites for hydroxylation is 1. The molecule has 0 bridgehead atoms. The summed E-state index contributed by atoms with van der Waals surface area (Å²) in [6.45, 7) is 4.76. The number of nitrogens with one attached hydrogen (secondary N) is 1. The predicted molar refractivity (Wildman–Crippen MR) is 121 cm³/mol. The molecule has 0 aliphatic rings. The highest BCUT2D eigenvalue weighted by Crippen LogP contribution is 2.31. The molecule has 174 valence electrons. The van der Waals surface area contributed by atoms with E-state index in [1.807, 2.05) is 0 Å². The van der Waals surface area contributed by atoms with Gasteiger partial charge in [-0.25, -0.2) is 8.42 Å². The molecule has 0 heterocycles. The summed E-state index contributed by atoms with van der Waals surface area (Å²) in [5, 5.41) is 14.0. The molecule has 2 aromatic carbocycles. The number of sulfonamides is 1. The van der Waals surface area contributed by atoms with Crippen molar-refractivity contribution < 1.29 is 27.6 Å². The zero-order valence-electron chi connectivity index (χ0n) is 18.8. The van der Waals surface area contributed by atoms with Gasteiger partial charge in [-0.1, -0.05) is 6.07 Å². The summed E-state index contributed by atoms with van der Waals surface area (Å²) in [4.78, 5) is 23.6. The Morgan fingerprint density at radius 3 is 2.31 bits per heavy atom. The molecule has 32 heavy (non-hydrogen) atoms. The zero-order valence-corrected chi connectivity index (χ0v) is 19.6. The summed E-state index contributed by atoms with van der Waals surface area (Å²) >= 11 is 0. The summed E-state index contributed by atoms with van der Waals surface area (Å²) in [6.07, 6.45) is 0.948. The smallest absolute Gasteiger partial charge is 0.271 e. The lowest BCUT2D eigenvalue weighted by Gasteiger charge is -2.30. The summed E-state index contributed by atoms with van der Waals surface area (Å²) in [5.41, 5.74) is 0.908. The molecule has 0 saturated heterocycles. The van der Waals surface area contributed by atoms with E-state index in [0.29, 0.717) is 22.6 Å². The molecule has 0 aliphatic heterocycles. The highest BCUT2D eigenvalue weighted by atomic mass is 32.2. The molecule has 1 N–H and O–H groups in total. The van der Waals surface area contributed by atoms with Crippen molar-refractivity contribution >= 4 is 27.3 Å². The van der Waals surface area contributed by atoms with Gasteiger partial charge in [-0.05, 0) is 44.5 Å². The molecule has 0 radical (unpaired) electrons. The topological polar surface area (TPSA) is 128 Å². The molecule has 0 aromatic heterocycles. The number of hydrogen-bond donors (Lipinski definition) is 1. The number of amides is 1. The van der Waals surface area contributed by atoms with Crippen LogP contribution in [0.4, 0.5) is 11.4 Å². The van der Waals surface area contributed by atoms with Crippen molar-refractivity contribution in [3.8, 4) is 11.5 Å². The normalized spacial score (nSPS) is 13.1. The third kappa shape index (κ3) is 5.47. The highest BCUT2D eigenvalue weighted by Gasteiger charge is 2.32. The number of nitrogens with zero attached hydrogens (tertiary/aromatic N) is 2. The zero-order chi connectivity index (χ0) is 24.2. The Morgan fingerprint density at radius 2 is 1.78 bits per heavy atom. The SMILES string of the molecule is COc1ccc(OC)c(C(C)NC(=O)C(C)N(c2cc([N+](=O)[O-])ccc2C)S(C)(=O)=O)c1. The Morgan fingerprint density at radius 1 is 1.12 bits per heavy atom. The molecule has 2 atom stereocenters. The van der Waals surface area contributed by atoms with Crippen molar-refractivity contribution in [1.82, 2.24) is 5.32 Å². The quantitative estimate of drug-likeness (QED) is 0.445. The van der Waals surface area contributed by atoms with Gasteiger partial charge in [-0.15, -0.1) is 0 Å². The van der Waals surface area contributed by atoms with Crippen LogP contribution in [0.2, 0.25) is 0 Å². The van der Waals surface area contributed by atoms with E-state index in [4.69, 9.17) is 9.47 Å². The molecule has 0 fully saturated rings. The standard InChI is InChI=1S/C21H27N3O7S/c1-13-7-8-16(24(26)27)11-19(13)23(32(6,28)29)15(3)21(25)22-14(2)18-12-17(30-4)9-10-20(18)31-5/h7-12,14-15H,1-6H3,(H,22,25). The van der Waals surface area contributed by atoms with Gasteiger partial charge in [0.25, 0.3) is 5.69 Å². The van der Waals surface area contributed by atoms with Gasteiger partial charge in [-0.3, -0.25) is 19.2 Å². The maximum Gasteiger partial charge on any atom is 0.271 e. The Labute approximate surface area is 187 Å². The number of anilines is 1. The molecular formula is C21H27N3O7S. The van der Waals surface area contributed by atoms with E-state index >= 15 is 0 Å². The van der Waals surface area contributed by atoms with Crippen LogP contribution in [-0.2, 0) is 14.8 Å². The number of carbonyl (C=O) groups excluding carboxylic acids is 1. The van der Waals surface area contributed by atoms with Crippen molar-refractivity contribution in [2.24, 2.45) is 0 Å². The van der Waals surface area contributed by atoms with E-state index in [2.05, 4.69) is 5.32 Å². The largest absolute Gasteiger partial charge is 0.497 e. The Kier molecular flexibility index (Phi) is 7.68. The fourth-order valence-corrected chi connectivity index (χ4v) is 4.54. The van der Waals surface area contributed by atoms with Gasteiger partial charge in [0.2, 0.25) is 15.9 Å². The second-order valence-electron chi connectivity index (χ2n) is 7.30. The van der Waals surface area contributed by atoms with Crippen LogP contribution >= 0.6 is 0 Å². The lowest BCUT2D eigenvalue weighted by Crippen LogP contribution is -2.48. The second kappa shape index (κ2) is 9.86. The fourth-order valence-electron chi connectivity index (χ4n) is 3.32. The Hall–Kier alpha value is -3.34. The average molecular weight is 466 g/mol. The number of nitro groups is 1. The van der Waals surface area contributed by atoms with Gasteiger partial charge >= 0.3 is 0 Å². The van der Waals surface area contributed by atoms with Crippen molar-refractivity contribution in [3.05, 3.63) is 57.6 Å². The minimum absolute atomic E-state index is 0.0657. The average Bonchev–Trinajstić information content (AvgIpc) is 2.73. The monoisotopic (exact) mass is 465 g/mol. The molecule has 2 unspecified atom stereocenters. The maximum atomic E-state index is 13.0. The number of ether oxygens (including phenoxy) is 2. The molecule has 0 aliphatic carbocycles. The summed E-state index contributed by atoms with van der Waals surface area (Å²) in [6, 6.07) is 7.29. The Bertz CT molecular complexity index is 1120. The summed E-state index contributed by atoms with van der Waals surface area (Å²) < 4.78 is 36.7. The van der Waals surface area contributed by atoms with Crippen molar-refractivity contribution in [3.63, 3.8) is 0 Å². The molecule has 2 aromatic rings. The van der Waals surface area contributed by atoms with Crippen LogP contribution in [0.15, 0.2) is 36.4 Å². The molecule has 2 rings (SSSR count). The van der Waals surface area contributed by atoms with E-state index in [0.717, 1.165) is 16.6 Å². The summed E-state index contributed by atoms with van der Waals surface area (Å²) in [5.74, 6) is 0.513. The number of rotatable bonds is 9. The minimum Gasteiger partial charge on any atom is -0.497 e. The fraction of sp³-hybridized carbons (Fsp3) is 0.381. The van der Waals surface area contributed by atoms with Crippen LogP contribution in [-0.4, -0.2) is 45.8 Å². The van der Waals surface area contributed by atoms with Crippen molar-refractivity contribution in [2.75, 3.05) is 24.8 Å². The van der Waals surface area contributed by atoms with Gasteiger partial charge < -0.3 is 14.8 Å². The van der Waals surface area contributed by atoms with Crippen LogP contribution in [0.5, 0.6) is 11.5 Å². The van der Waals surface area contributed by atoms with Gasteiger partial charge in [-0.2, -0.15) is 0 Å². The van der Waals surface area contributed by atoms with Crippen LogP contribution in [0.3, 0.4) is 0 Å². The van der Waals surface area contributed by atoms with E-state index in [-0.39, 0.29) is 11.4 Å². The Balaban J connectivity index is 2.40. The molecule has 11 heteroatoms. The number of benzene rings is 2. The summed E-state index contributed by atoms with van der Waals surface area (Å²) in [7, 11) is -0.931. The molecule has 10 nitrogen and oxygen atoms in total. The first kappa shape index (κ1) is 24.9. The van der Waals surface area contributed by atoms with E-state index in [1.165, 1.54) is 33.3 Å². The molecular weight excluding hydrogens is 438 g/mol. The predicted octanol–water partition coefficient (Wildman–Crippen LogP) is 2.95. The maximum absolute atomic E-state index is 13.0. The first-order chi connectivity index (χ1) is 14.9. The minimum atomic E-state index is -3.95. The van der Waals surface area contributed by atoms with Crippen LogP contribution in [0.25, 0.3) is 0 Å². The second-order valence-corrected chi connectivity index (χ2v) is 9.16. The first-order valence-electron chi connectivity index (χ1n) is 9.67. The third-order valence-corrected chi connectivity index (χ3v) is 6.22. The van der Waals surface area contributed by atoms with E-state index < -0.39 is 32.9 Å². The van der Waals surface area contributed by atoms with E-state index in [1.54, 1.807) is 32.0 Å². The van der Waals surface area contributed by atoms with Crippen LogP contribution < -0.4 is 19.1 Å². The van der Waals surface area contributed by atoms with Gasteiger partial charge in [0.1, 0.15) is 17.5 Å². The van der Waals surface area contributed by atoms with Gasteiger partial charge in [0.15, 0.2) is 0 Å². The van der Waals surface area contributed by atoms with Crippen LogP contribution in [0.1, 0.15) is 31.0 Å². The number of nitro benzene ring substituents is 1. The number of methoxy groups -OCH3 is 2. The first-order valence-corrected chi connectivity index (χ1v) is 11.5. The van der Waals surface area contributed by atoms with Crippen molar-refractivity contribution in [2.45, 2.75) is 32.9 Å². The molecule has 1 amide bonds. The van der Waals surface area contributed by atoms with Crippen LogP contribution in [0, 0.1) is 17.0 Å². The van der Waals surface area contributed by atoms with E-state index in [9.17, 15) is 23.3 Å². The molecule has 0 saturated carbocycles. The highest BCUT2D eigenvalue weighted by molar-refractivity contribution is 7.92. The van der Waals surface area contributed by atoms with Gasteiger partial charge in [0.05, 0.1) is 37.1 Å². The lowest BCUT2D eigenvalue weighted by molar-refractivity contribution is -0.384. The molecule has 0 spiro atoms. The van der Waals surface area contributed by atoms with Gasteiger partial charge in [0, 0.05) is 17.7 Å². The number of non-ortho nitro benzene ring substituents is 1. The third-order valence-electron chi connectivity index (χ3n) is 4.99. The number of carbonyl (C=O) groups is 1.